The third kappa shape index (κ3) is 2.64. The Morgan fingerprint density at radius 1 is 1.60 bits per heavy atom. The minimum Gasteiger partial charge on any atom is -0.316 e. The smallest absolute Gasteiger partial charge is 0.0337 e. The van der Waals surface area contributed by atoms with Crippen molar-refractivity contribution in [2.75, 3.05) is 19.3 Å². The molecule has 1 nitrogen and oxygen atoms in total. The molecule has 1 heterocycles. The SMILES string of the molecule is CSC#C[C@@H]1CCCNC1. The van der Waals surface area contributed by atoms with E-state index in [-0.39, 0.29) is 0 Å². The third-order valence-electron chi connectivity index (χ3n) is 1.66. The van der Waals surface area contributed by atoms with Crippen LogP contribution in [0.3, 0.4) is 0 Å². The predicted octanol–water partition coefficient (Wildman–Crippen LogP) is 1.31. The van der Waals surface area contributed by atoms with Gasteiger partial charge in [-0.1, -0.05) is 17.7 Å². The van der Waals surface area contributed by atoms with Gasteiger partial charge in [0.15, 0.2) is 0 Å². The highest BCUT2D eigenvalue weighted by atomic mass is 32.2. The zero-order valence-corrected chi connectivity index (χ0v) is 7.13. The third-order valence-corrected chi connectivity index (χ3v) is 1.98. The second kappa shape index (κ2) is 4.65. The van der Waals surface area contributed by atoms with Crippen molar-refractivity contribution in [2.24, 2.45) is 5.92 Å². The maximum atomic E-state index is 3.33. The zero-order chi connectivity index (χ0) is 7.23. The van der Waals surface area contributed by atoms with Gasteiger partial charge in [0.05, 0.1) is 0 Å². The van der Waals surface area contributed by atoms with Crippen molar-refractivity contribution in [1.82, 2.24) is 5.32 Å². The Hall–Kier alpha value is -0.130. The average Bonchev–Trinajstić information content (AvgIpc) is 2.03. The van der Waals surface area contributed by atoms with E-state index in [1.807, 2.05) is 6.26 Å². The van der Waals surface area contributed by atoms with Crippen molar-refractivity contribution in [2.45, 2.75) is 12.8 Å². The first-order chi connectivity index (χ1) is 4.93. The molecule has 56 valence electrons. The van der Waals surface area contributed by atoms with Crippen LogP contribution < -0.4 is 5.32 Å². The normalized spacial score (nSPS) is 25.1. The van der Waals surface area contributed by atoms with Crippen LogP contribution in [-0.2, 0) is 0 Å². The Balaban J connectivity index is 2.25. The standard InChI is InChI=1S/C8H13NS/c1-10-6-4-8-3-2-5-9-7-8/h8-9H,2-3,5,7H2,1H3/t8-/m0/s1. The molecule has 1 aliphatic heterocycles. The molecule has 0 unspecified atom stereocenters. The summed E-state index contributed by atoms with van der Waals surface area (Å²) in [7, 11) is 0. The van der Waals surface area contributed by atoms with Crippen molar-refractivity contribution in [3.63, 3.8) is 0 Å². The lowest BCUT2D eigenvalue weighted by molar-refractivity contribution is 0.449. The first-order valence-electron chi connectivity index (χ1n) is 3.67. The Morgan fingerprint density at radius 2 is 2.50 bits per heavy atom. The average molecular weight is 155 g/mol. The molecule has 0 aromatic rings. The number of rotatable bonds is 0. The van der Waals surface area contributed by atoms with Crippen molar-refractivity contribution < 1.29 is 0 Å². The minimum absolute atomic E-state index is 0.612. The van der Waals surface area contributed by atoms with E-state index in [0.29, 0.717) is 5.92 Å². The quantitative estimate of drug-likeness (QED) is 0.529. The van der Waals surface area contributed by atoms with Crippen molar-refractivity contribution >= 4 is 11.8 Å². The van der Waals surface area contributed by atoms with Gasteiger partial charge in [-0.2, -0.15) is 0 Å². The van der Waals surface area contributed by atoms with Crippen LogP contribution in [0, 0.1) is 17.1 Å². The van der Waals surface area contributed by atoms with Gasteiger partial charge in [0.1, 0.15) is 0 Å². The number of piperidine rings is 1. The first-order valence-corrected chi connectivity index (χ1v) is 4.90. The van der Waals surface area contributed by atoms with E-state index in [2.05, 4.69) is 16.5 Å². The fourth-order valence-corrected chi connectivity index (χ4v) is 1.40. The molecule has 1 aliphatic rings. The summed E-state index contributed by atoms with van der Waals surface area (Å²) in [5.74, 6) is 3.83. The molecule has 1 N–H and O–H groups in total. The number of thioether (sulfide) groups is 1. The van der Waals surface area contributed by atoms with Gasteiger partial charge in [0.2, 0.25) is 0 Å². The van der Waals surface area contributed by atoms with E-state index in [1.165, 1.54) is 19.4 Å². The molecule has 1 saturated heterocycles. The van der Waals surface area contributed by atoms with Crippen molar-refractivity contribution in [1.29, 1.82) is 0 Å². The summed E-state index contributed by atoms with van der Waals surface area (Å²) >= 11 is 1.61. The predicted molar refractivity (Wildman–Crippen MR) is 46.9 cm³/mol. The Kier molecular flexibility index (Phi) is 3.71. The summed E-state index contributed by atoms with van der Waals surface area (Å²) in [6.45, 7) is 2.27. The molecule has 0 amide bonds. The number of hydrogen-bond acceptors (Lipinski definition) is 2. The van der Waals surface area contributed by atoms with Gasteiger partial charge < -0.3 is 5.32 Å². The molecule has 0 saturated carbocycles. The van der Waals surface area contributed by atoms with Crippen LogP contribution in [0.25, 0.3) is 0 Å². The molecule has 10 heavy (non-hydrogen) atoms. The van der Waals surface area contributed by atoms with Crippen LogP contribution in [0.2, 0.25) is 0 Å². The van der Waals surface area contributed by atoms with Crippen LogP contribution in [0.15, 0.2) is 0 Å². The van der Waals surface area contributed by atoms with Gasteiger partial charge in [-0.3, -0.25) is 0 Å². The Morgan fingerprint density at radius 3 is 3.10 bits per heavy atom. The molecular weight excluding hydrogens is 142 g/mol. The molecule has 0 radical (unpaired) electrons. The molecule has 0 bridgehead atoms. The van der Waals surface area contributed by atoms with Crippen molar-refractivity contribution in [3.8, 4) is 11.2 Å². The van der Waals surface area contributed by atoms with Crippen LogP contribution in [-0.4, -0.2) is 19.3 Å². The van der Waals surface area contributed by atoms with Gasteiger partial charge in [-0.15, -0.1) is 0 Å². The van der Waals surface area contributed by atoms with Crippen LogP contribution in [0.5, 0.6) is 0 Å². The van der Waals surface area contributed by atoms with Crippen LogP contribution in [0.4, 0.5) is 0 Å². The summed E-state index contributed by atoms with van der Waals surface area (Å²) in [5, 5.41) is 6.38. The zero-order valence-electron chi connectivity index (χ0n) is 6.31. The topological polar surface area (TPSA) is 12.0 Å². The summed E-state index contributed by atoms with van der Waals surface area (Å²) in [6, 6.07) is 0. The van der Waals surface area contributed by atoms with Crippen LogP contribution in [0.1, 0.15) is 12.8 Å². The van der Waals surface area contributed by atoms with E-state index >= 15 is 0 Å². The highest BCUT2D eigenvalue weighted by Crippen LogP contribution is 2.08. The highest BCUT2D eigenvalue weighted by molar-refractivity contribution is 8.03. The molecule has 1 rings (SSSR count). The maximum absolute atomic E-state index is 3.33. The lowest BCUT2D eigenvalue weighted by Crippen LogP contribution is -2.28. The van der Waals surface area contributed by atoms with Crippen LogP contribution >= 0.6 is 11.8 Å². The van der Waals surface area contributed by atoms with E-state index in [9.17, 15) is 0 Å². The van der Waals surface area contributed by atoms with Gasteiger partial charge >= 0.3 is 0 Å². The molecule has 1 atom stereocenters. The fraction of sp³-hybridized carbons (Fsp3) is 0.750. The van der Waals surface area contributed by atoms with E-state index in [1.54, 1.807) is 11.8 Å². The lowest BCUT2D eigenvalue weighted by Gasteiger charge is -2.17. The molecule has 0 aromatic heterocycles. The molecule has 0 aliphatic carbocycles. The summed E-state index contributed by atoms with van der Waals surface area (Å²) in [6.07, 6.45) is 4.58. The van der Waals surface area contributed by atoms with E-state index in [4.69, 9.17) is 0 Å². The molecule has 1 fully saturated rings. The summed E-state index contributed by atoms with van der Waals surface area (Å²) < 4.78 is 0. The van der Waals surface area contributed by atoms with Crippen molar-refractivity contribution in [3.05, 3.63) is 0 Å². The number of hydrogen-bond donors (Lipinski definition) is 1. The summed E-state index contributed by atoms with van der Waals surface area (Å²) in [5.41, 5.74) is 0. The summed E-state index contributed by atoms with van der Waals surface area (Å²) in [4.78, 5) is 0. The number of nitrogens with one attached hydrogen (secondary N) is 1. The van der Waals surface area contributed by atoms with Gasteiger partial charge in [-0.25, -0.2) is 0 Å². The Labute approximate surface area is 67.0 Å². The maximum Gasteiger partial charge on any atom is 0.0337 e. The Bertz CT molecular complexity index is 139. The second-order valence-corrected chi connectivity index (χ2v) is 3.11. The second-order valence-electron chi connectivity index (χ2n) is 2.49. The largest absolute Gasteiger partial charge is 0.316 e. The van der Waals surface area contributed by atoms with E-state index < -0.39 is 0 Å². The lowest BCUT2D eigenvalue weighted by atomic mass is 10.0. The minimum atomic E-state index is 0.612. The molecule has 0 aromatic carbocycles. The molecule has 0 spiro atoms. The van der Waals surface area contributed by atoms with Gasteiger partial charge in [-0.05, 0) is 30.9 Å². The highest BCUT2D eigenvalue weighted by Gasteiger charge is 2.08. The first kappa shape index (κ1) is 7.97. The van der Waals surface area contributed by atoms with E-state index in [0.717, 1.165) is 6.54 Å². The molecular formula is C8H13NS. The van der Waals surface area contributed by atoms with Gasteiger partial charge in [0, 0.05) is 12.5 Å². The molecule has 2 heteroatoms. The monoisotopic (exact) mass is 155 g/mol. The fourth-order valence-electron chi connectivity index (χ4n) is 1.12. The van der Waals surface area contributed by atoms with Gasteiger partial charge in [0.25, 0.3) is 0 Å².